The molecule has 1 aliphatic heterocycles. The maximum Gasteiger partial charge on any atom is 0.323 e. The summed E-state index contributed by atoms with van der Waals surface area (Å²) in [5.74, 6) is -0.426. The molecule has 1 saturated heterocycles. The van der Waals surface area contributed by atoms with E-state index in [2.05, 4.69) is 0 Å². The normalized spacial score (nSPS) is 19.7. The smallest absolute Gasteiger partial charge is 0.274 e. The second-order valence-electron chi connectivity index (χ2n) is 1.66. The second kappa shape index (κ2) is 1.85. The first-order valence-corrected chi connectivity index (χ1v) is 4.53. The summed E-state index contributed by atoms with van der Waals surface area (Å²) in [5, 5.41) is 0. The zero-order chi connectivity index (χ0) is 7.07. The molecule has 0 aromatic heterocycles. The van der Waals surface area contributed by atoms with E-state index in [-0.39, 0.29) is 13.0 Å². The average Bonchev–Trinajstić information content (AvgIpc) is 1.57. The van der Waals surface area contributed by atoms with Crippen LogP contribution in [0.2, 0.25) is 0 Å². The van der Waals surface area contributed by atoms with Crippen LogP contribution in [0.5, 0.6) is 0 Å². The Morgan fingerprint density at radius 3 is 2.11 bits per heavy atom. The highest BCUT2D eigenvalue weighted by atomic mass is 35.7. The molecule has 0 aromatic carbocycles. The van der Waals surface area contributed by atoms with Gasteiger partial charge in [0.2, 0.25) is 5.91 Å². The molecule has 1 amide bonds. The largest absolute Gasteiger partial charge is 0.323 e. The quantitative estimate of drug-likeness (QED) is 0.400. The Labute approximate surface area is 57.0 Å². The lowest BCUT2D eigenvalue weighted by molar-refractivity contribution is -0.132. The lowest BCUT2D eigenvalue weighted by Crippen LogP contribution is -2.44. The van der Waals surface area contributed by atoms with Crippen molar-refractivity contribution in [1.29, 1.82) is 0 Å². The van der Waals surface area contributed by atoms with E-state index in [4.69, 9.17) is 10.7 Å². The van der Waals surface area contributed by atoms with Crippen LogP contribution in [-0.2, 0) is 14.0 Å². The molecule has 0 saturated carbocycles. The molecule has 1 aliphatic rings. The summed E-state index contributed by atoms with van der Waals surface area (Å²) in [6, 6.07) is 0. The number of rotatable bonds is 1. The van der Waals surface area contributed by atoms with Gasteiger partial charge in [-0.05, 0) is 0 Å². The predicted octanol–water partition coefficient (Wildman–Crippen LogP) is -0.298. The van der Waals surface area contributed by atoms with E-state index in [0.29, 0.717) is 4.31 Å². The van der Waals surface area contributed by atoms with Gasteiger partial charge in [-0.15, -0.1) is 0 Å². The molecule has 4 nitrogen and oxygen atoms in total. The summed E-state index contributed by atoms with van der Waals surface area (Å²) in [4.78, 5) is 10.3. The van der Waals surface area contributed by atoms with Crippen molar-refractivity contribution in [3.63, 3.8) is 0 Å². The van der Waals surface area contributed by atoms with Gasteiger partial charge in [-0.2, -0.15) is 8.42 Å². The van der Waals surface area contributed by atoms with Crippen molar-refractivity contribution in [1.82, 2.24) is 4.31 Å². The topological polar surface area (TPSA) is 54.5 Å². The van der Waals surface area contributed by atoms with Gasteiger partial charge in [0, 0.05) is 23.6 Å². The van der Waals surface area contributed by atoms with Gasteiger partial charge in [0.15, 0.2) is 0 Å². The Balaban J connectivity index is 2.77. The van der Waals surface area contributed by atoms with Crippen LogP contribution in [0.15, 0.2) is 0 Å². The highest BCUT2D eigenvalue weighted by Crippen LogP contribution is 2.16. The molecule has 1 heterocycles. The maximum absolute atomic E-state index is 10.3. The minimum absolute atomic E-state index is 0.227. The monoisotopic (exact) mass is 169 g/mol. The molecule has 9 heavy (non-hydrogen) atoms. The number of hydrogen-bond donors (Lipinski definition) is 0. The minimum Gasteiger partial charge on any atom is -0.274 e. The molecule has 0 bridgehead atoms. The average molecular weight is 170 g/mol. The van der Waals surface area contributed by atoms with Crippen molar-refractivity contribution < 1.29 is 13.2 Å². The number of halogens is 1. The van der Waals surface area contributed by atoms with E-state index in [1.807, 2.05) is 0 Å². The fourth-order valence-electron chi connectivity index (χ4n) is 0.525. The zero-order valence-electron chi connectivity index (χ0n) is 4.37. The van der Waals surface area contributed by atoms with Crippen molar-refractivity contribution in [3.8, 4) is 0 Å². The van der Waals surface area contributed by atoms with Crippen LogP contribution in [0, 0.1) is 0 Å². The van der Waals surface area contributed by atoms with Gasteiger partial charge < -0.3 is 0 Å². The van der Waals surface area contributed by atoms with E-state index in [1.165, 1.54) is 0 Å². The Bertz CT molecular complexity index is 233. The van der Waals surface area contributed by atoms with E-state index in [1.54, 1.807) is 0 Å². The molecule has 0 unspecified atom stereocenters. The van der Waals surface area contributed by atoms with Crippen LogP contribution in [-0.4, -0.2) is 25.2 Å². The molecule has 0 spiro atoms. The molecular weight excluding hydrogens is 166 g/mol. The van der Waals surface area contributed by atoms with E-state index in [9.17, 15) is 13.2 Å². The summed E-state index contributed by atoms with van der Waals surface area (Å²) in [6.07, 6.45) is 0.284. The molecule has 1 fully saturated rings. The standard InChI is InChI=1S/C3H4ClNO3S/c4-9(7,8)5-2-1-3(5)6/h1-2H2. The fourth-order valence-corrected chi connectivity index (χ4v) is 1.61. The maximum atomic E-state index is 10.3. The molecule has 1 rings (SSSR count). The van der Waals surface area contributed by atoms with E-state index >= 15 is 0 Å². The SMILES string of the molecule is O=C1CCN1S(=O)(=O)Cl. The molecule has 0 aliphatic carbocycles. The number of nitrogens with zero attached hydrogens (tertiary/aromatic N) is 1. The Morgan fingerprint density at radius 2 is 2.11 bits per heavy atom. The van der Waals surface area contributed by atoms with Crippen molar-refractivity contribution in [2.24, 2.45) is 0 Å². The number of β-lactam (4-membered cyclic amide) rings is 1. The van der Waals surface area contributed by atoms with Crippen molar-refractivity contribution in [2.45, 2.75) is 6.42 Å². The van der Waals surface area contributed by atoms with Crippen molar-refractivity contribution in [2.75, 3.05) is 6.54 Å². The first kappa shape index (κ1) is 6.82. The molecule has 52 valence electrons. The highest BCUT2D eigenvalue weighted by Gasteiger charge is 2.33. The Kier molecular flexibility index (Phi) is 1.40. The lowest BCUT2D eigenvalue weighted by atomic mass is 10.3. The third kappa shape index (κ3) is 1.16. The van der Waals surface area contributed by atoms with Gasteiger partial charge in [0.1, 0.15) is 0 Å². The zero-order valence-corrected chi connectivity index (χ0v) is 5.94. The summed E-state index contributed by atoms with van der Waals surface area (Å²) >= 11 is 0. The van der Waals surface area contributed by atoms with Crippen molar-refractivity contribution >= 4 is 25.8 Å². The molecule has 0 N–H and O–H groups in total. The summed E-state index contributed by atoms with van der Waals surface area (Å²) in [5.41, 5.74) is 0. The van der Waals surface area contributed by atoms with Gasteiger partial charge in [-0.25, -0.2) is 4.31 Å². The number of hydrogen-bond acceptors (Lipinski definition) is 3. The molecule has 6 heteroatoms. The highest BCUT2D eigenvalue weighted by molar-refractivity contribution is 8.12. The van der Waals surface area contributed by atoms with Crippen molar-refractivity contribution in [3.05, 3.63) is 0 Å². The van der Waals surface area contributed by atoms with Crippen LogP contribution in [0.25, 0.3) is 0 Å². The van der Waals surface area contributed by atoms with Gasteiger partial charge in [0.05, 0.1) is 0 Å². The number of amides is 1. The van der Waals surface area contributed by atoms with Crippen LogP contribution in [0.4, 0.5) is 0 Å². The minimum atomic E-state index is -3.76. The predicted molar refractivity (Wildman–Crippen MR) is 31.1 cm³/mol. The van der Waals surface area contributed by atoms with Crippen LogP contribution in [0.1, 0.15) is 6.42 Å². The number of carbonyl (C=O) groups is 1. The molecule has 0 aromatic rings. The Morgan fingerprint density at radius 1 is 1.56 bits per heavy atom. The molecule has 0 radical (unpaired) electrons. The first-order valence-electron chi connectivity index (χ1n) is 2.27. The summed E-state index contributed by atoms with van der Waals surface area (Å²) in [6.45, 7) is 0.227. The molecular formula is C3H4ClNO3S. The molecule has 0 atom stereocenters. The van der Waals surface area contributed by atoms with Crippen LogP contribution in [0.3, 0.4) is 0 Å². The fraction of sp³-hybridized carbons (Fsp3) is 0.667. The first-order chi connectivity index (χ1) is 4.02. The summed E-state index contributed by atoms with van der Waals surface area (Å²) < 4.78 is 21.2. The Hall–Kier alpha value is -0.290. The third-order valence-electron chi connectivity index (χ3n) is 1.07. The lowest BCUT2D eigenvalue weighted by Gasteiger charge is -2.25. The van der Waals surface area contributed by atoms with Crippen LogP contribution >= 0.6 is 10.7 Å². The van der Waals surface area contributed by atoms with Gasteiger partial charge in [-0.3, -0.25) is 4.79 Å². The van der Waals surface area contributed by atoms with Gasteiger partial charge in [-0.1, -0.05) is 0 Å². The van der Waals surface area contributed by atoms with E-state index < -0.39 is 15.1 Å². The van der Waals surface area contributed by atoms with Gasteiger partial charge in [0.25, 0.3) is 0 Å². The van der Waals surface area contributed by atoms with Crippen LogP contribution < -0.4 is 0 Å². The van der Waals surface area contributed by atoms with E-state index in [0.717, 1.165) is 0 Å². The third-order valence-corrected chi connectivity index (χ3v) is 2.48. The summed E-state index contributed by atoms with van der Waals surface area (Å²) in [7, 11) is 1.05. The van der Waals surface area contributed by atoms with Gasteiger partial charge >= 0.3 is 9.24 Å². The number of carbonyl (C=O) groups excluding carboxylic acids is 1. The second-order valence-corrected chi connectivity index (χ2v) is 4.09.